The van der Waals surface area contributed by atoms with Crippen molar-refractivity contribution in [2.75, 3.05) is 11.5 Å². The van der Waals surface area contributed by atoms with Crippen LogP contribution < -0.4 is 15.0 Å². The molecule has 2 amide bonds. The molecule has 0 saturated heterocycles. The van der Waals surface area contributed by atoms with E-state index in [1.165, 1.54) is 16.5 Å². The topological polar surface area (TPSA) is 106 Å². The molecular weight excluding hydrogens is 506 g/mol. The molecule has 0 aliphatic carbocycles. The highest BCUT2D eigenvalue weighted by Crippen LogP contribution is 2.31. The highest BCUT2D eigenvalue weighted by Gasteiger charge is 2.35. The lowest BCUT2D eigenvalue weighted by Crippen LogP contribution is -2.51. The van der Waals surface area contributed by atoms with Crippen LogP contribution in [0.5, 0.6) is 5.75 Å². The summed E-state index contributed by atoms with van der Waals surface area (Å²) in [4.78, 5) is 42.0. The summed E-state index contributed by atoms with van der Waals surface area (Å²) in [6.45, 7) is 9.56. The summed E-state index contributed by atoms with van der Waals surface area (Å²) in [6.07, 6.45) is 0.688. The number of nitrogens with one attached hydrogen (secondary N) is 1. The van der Waals surface area contributed by atoms with Crippen LogP contribution in [0.25, 0.3) is 11.0 Å². The van der Waals surface area contributed by atoms with E-state index in [2.05, 4.69) is 15.6 Å². The number of ether oxygens (including phenoxy) is 1. The SMILES string of the molecule is CCOc1ccc([C@H](C(=O)NC(C)(C)CC)N(C(=O)Cn2nnc3ccccc32)c2cccc(C(C)=O)c2)cc1. The van der Waals surface area contributed by atoms with Crippen molar-refractivity contribution in [2.24, 2.45) is 0 Å². The number of para-hydroxylation sites is 1. The number of anilines is 1. The summed E-state index contributed by atoms with van der Waals surface area (Å²) in [6, 6.07) is 20.2. The van der Waals surface area contributed by atoms with Gasteiger partial charge >= 0.3 is 0 Å². The normalized spacial score (nSPS) is 12.1. The van der Waals surface area contributed by atoms with Crippen molar-refractivity contribution in [3.63, 3.8) is 0 Å². The van der Waals surface area contributed by atoms with Gasteiger partial charge in [0.15, 0.2) is 5.78 Å². The number of hydrogen-bond acceptors (Lipinski definition) is 6. The van der Waals surface area contributed by atoms with Gasteiger partial charge in [0, 0.05) is 16.8 Å². The van der Waals surface area contributed by atoms with Crippen molar-refractivity contribution in [1.29, 1.82) is 0 Å². The number of aromatic nitrogens is 3. The maximum Gasteiger partial charge on any atom is 0.249 e. The van der Waals surface area contributed by atoms with Gasteiger partial charge in [-0.15, -0.1) is 5.10 Å². The average molecular weight is 542 g/mol. The van der Waals surface area contributed by atoms with Crippen molar-refractivity contribution in [3.05, 3.63) is 83.9 Å². The molecule has 0 unspecified atom stereocenters. The lowest BCUT2D eigenvalue weighted by Gasteiger charge is -2.35. The molecule has 1 N–H and O–H groups in total. The number of carbonyl (C=O) groups is 3. The highest BCUT2D eigenvalue weighted by atomic mass is 16.5. The number of rotatable bonds is 11. The van der Waals surface area contributed by atoms with E-state index in [4.69, 9.17) is 4.74 Å². The van der Waals surface area contributed by atoms with E-state index in [-0.39, 0.29) is 24.1 Å². The van der Waals surface area contributed by atoms with Crippen molar-refractivity contribution in [3.8, 4) is 5.75 Å². The fourth-order valence-electron chi connectivity index (χ4n) is 4.37. The molecule has 3 aromatic carbocycles. The predicted molar refractivity (Wildman–Crippen MR) is 154 cm³/mol. The Hall–Kier alpha value is -4.53. The Morgan fingerprint density at radius 3 is 2.40 bits per heavy atom. The molecule has 1 aromatic heterocycles. The molecule has 0 aliphatic rings. The van der Waals surface area contributed by atoms with E-state index >= 15 is 0 Å². The Morgan fingerprint density at radius 1 is 1.00 bits per heavy atom. The van der Waals surface area contributed by atoms with Gasteiger partial charge in [-0.2, -0.15) is 0 Å². The van der Waals surface area contributed by atoms with Crippen molar-refractivity contribution in [2.45, 2.75) is 59.2 Å². The molecule has 9 nitrogen and oxygen atoms in total. The molecule has 4 rings (SSSR count). The number of nitrogens with zero attached hydrogens (tertiary/aromatic N) is 4. The second-order valence-corrected chi connectivity index (χ2v) is 10.2. The van der Waals surface area contributed by atoms with E-state index in [0.29, 0.717) is 46.6 Å². The van der Waals surface area contributed by atoms with Crippen molar-refractivity contribution < 1.29 is 19.1 Å². The van der Waals surface area contributed by atoms with Gasteiger partial charge in [0.05, 0.1) is 12.1 Å². The van der Waals surface area contributed by atoms with E-state index in [0.717, 1.165) is 0 Å². The molecule has 40 heavy (non-hydrogen) atoms. The summed E-state index contributed by atoms with van der Waals surface area (Å²) >= 11 is 0. The molecule has 0 spiro atoms. The molecular formula is C31H35N5O4. The third-order valence-corrected chi connectivity index (χ3v) is 6.86. The first kappa shape index (κ1) is 28.5. The summed E-state index contributed by atoms with van der Waals surface area (Å²) in [5.41, 5.74) is 2.29. The number of carbonyl (C=O) groups excluding carboxylic acids is 3. The van der Waals surface area contributed by atoms with Gasteiger partial charge in [0.2, 0.25) is 11.8 Å². The van der Waals surface area contributed by atoms with Gasteiger partial charge in [0.25, 0.3) is 0 Å². The number of amides is 2. The third kappa shape index (κ3) is 6.36. The lowest BCUT2D eigenvalue weighted by molar-refractivity contribution is -0.128. The number of benzene rings is 3. The maximum atomic E-state index is 14.2. The van der Waals surface area contributed by atoms with Crippen LogP contribution in [0.2, 0.25) is 0 Å². The fraction of sp³-hybridized carbons (Fsp3) is 0.323. The molecule has 0 bridgehead atoms. The molecule has 4 aromatic rings. The molecule has 0 radical (unpaired) electrons. The van der Waals surface area contributed by atoms with Gasteiger partial charge in [-0.25, -0.2) is 4.68 Å². The molecule has 0 saturated carbocycles. The smallest absolute Gasteiger partial charge is 0.249 e. The van der Waals surface area contributed by atoms with Crippen LogP contribution in [0.1, 0.15) is 63.0 Å². The minimum atomic E-state index is -1.04. The summed E-state index contributed by atoms with van der Waals surface area (Å²) < 4.78 is 7.12. The molecule has 208 valence electrons. The fourth-order valence-corrected chi connectivity index (χ4v) is 4.37. The minimum absolute atomic E-state index is 0.147. The number of hydrogen-bond donors (Lipinski definition) is 1. The van der Waals surface area contributed by atoms with E-state index < -0.39 is 11.6 Å². The van der Waals surface area contributed by atoms with Gasteiger partial charge in [0.1, 0.15) is 23.9 Å². The zero-order valence-electron chi connectivity index (χ0n) is 23.5. The van der Waals surface area contributed by atoms with E-state index in [1.54, 1.807) is 48.5 Å². The van der Waals surface area contributed by atoms with Gasteiger partial charge < -0.3 is 10.1 Å². The number of ketones is 1. The third-order valence-electron chi connectivity index (χ3n) is 6.86. The van der Waals surface area contributed by atoms with Gasteiger partial charge in [-0.1, -0.05) is 48.5 Å². The first-order chi connectivity index (χ1) is 19.1. The number of Topliss-reactive ketones (excluding diaryl/α,β-unsaturated/α-hetero) is 1. The van der Waals surface area contributed by atoms with Gasteiger partial charge in [-0.05, 0) is 76.1 Å². The Morgan fingerprint density at radius 2 is 1.73 bits per heavy atom. The van der Waals surface area contributed by atoms with E-state index in [1.807, 2.05) is 52.0 Å². The Balaban J connectivity index is 1.85. The summed E-state index contributed by atoms with van der Waals surface area (Å²) in [5.74, 6) is -0.226. The van der Waals surface area contributed by atoms with Crippen molar-refractivity contribution in [1.82, 2.24) is 20.3 Å². The second-order valence-electron chi connectivity index (χ2n) is 10.2. The Labute approximate surface area is 234 Å². The quantitative estimate of drug-likeness (QED) is 0.265. The molecule has 1 atom stereocenters. The van der Waals surface area contributed by atoms with Crippen LogP contribution in [0, 0.1) is 0 Å². The molecule has 1 heterocycles. The Kier molecular flexibility index (Phi) is 8.62. The second kappa shape index (κ2) is 12.1. The number of fused-ring (bicyclic) bond motifs is 1. The van der Waals surface area contributed by atoms with E-state index in [9.17, 15) is 14.4 Å². The Bertz CT molecular complexity index is 1510. The molecule has 0 aliphatic heterocycles. The zero-order valence-corrected chi connectivity index (χ0v) is 23.5. The summed E-state index contributed by atoms with van der Waals surface area (Å²) in [5, 5.41) is 11.5. The van der Waals surface area contributed by atoms with Crippen LogP contribution in [0.4, 0.5) is 5.69 Å². The van der Waals surface area contributed by atoms with Crippen LogP contribution in [0.3, 0.4) is 0 Å². The zero-order chi connectivity index (χ0) is 28.9. The largest absolute Gasteiger partial charge is 0.494 e. The highest BCUT2D eigenvalue weighted by molar-refractivity contribution is 6.03. The van der Waals surface area contributed by atoms with Crippen molar-refractivity contribution >= 4 is 34.3 Å². The summed E-state index contributed by atoms with van der Waals surface area (Å²) in [7, 11) is 0. The van der Waals surface area contributed by atoms with Crippen LogP contribution >= 0.6 is 0 Å². The standard InChI is InChI=1S/C31H35N5O4/c1-6-31(4,5)32-30(39)29(22-15-17-25(18-16-22)40-7-2)36(24-12-10-11-23(19-24)21(3)37)28(38)20-35-27-14-9-8-13-26(27)33-34-35/h8-19,29H,6-7,20H2,1-5H3,(H,32,39)/t29-/m1/s1. The van der Waals surface area contributed by atoms with Crippen LogP contribution in [-0.2, 0) is 16.1 Å². The van der Waals surface area contributed by atoms with Crippen LogP contribution in [0.15, 0.2) is 72.8 Å². The lowest BCUT2D eigenvalue weighted by atomic mass is 9.97. The molecule has 9 heteroatoms. The maximum absolute atomic E-state index is 14.2. The van der Waals surface area contributed by atoms with Crippen LogP contribution in [-0.4, -0.2) is 44.7 Å². The van der Waals surface area contributed by atoms with Gasteiger partial charge in [-0.3, -0.25) is 19.3 Å². The molecule has 0 fully saturated rings. The first-order valence-electron chi connectivity index (χ1n) is 13.4. The predicted octanol–water partition coefficient (Wildman–Crippen LogP) is 5.11. The average Bonchev–Trinajstić information content (AvgIpc) is 3.34. The minimum Gasteiger partial charge on any atom is -0.494 e. The first-order valence-corrected chi connectivity index (χ1v) is 13.4. The monoisotopic (exact) mass is 541 g/mol.